The van der Waals surface area contributed by atoms with Crippen LogP contribution in [-0.2, 0) is 85.8 Å². The standard InChI is InChI=1S/C48H83N3O37S/c1-12-25(59)34(68)37(71)45(79-12)87-41-36(70)29(63)20(8-54)82-47(41)86-40-31(65)21(10-77-44-23(50-15(4)56)32(66)28(62)19(7-53)81-44)84-48(42(40)88-46-38(72)35(69)26(60)13(2)80-46)85-39(17(6-52)49-14(3)55)27(61)18(58)9-76-43-24(51-16(5)57)33(67)30(64)22(83-43)11-78-89(73,74)75/h12-13,17-48,52-54,58-72H,6-11H2,1-5H3,(H,49,55)(H,50,56)(H,51,57)(H,73,74,75)/t12-,13-,17-,18+,19+,20+,21+,22+,23+,24+,25+,26+,27-,28+,29-,30+,31-,32+,33+,34+,35+,36-,37-,38-,39+,40-,41+,42+,43+,44+,45-,46-,47-,48-/m0/s1. The van der Waals surface area contributed by atoms with Gasteiger partial charge in [0.15, 0.2) is 37.7 Å². The number of carbonyl (C=O) groups is 3. The largest absolute Gasteiger partial charge is 0.397 e. The molecule has 89 heavy (non-hydrogen) atoms. The van der Waals surface area contributed by atoms with E-state index in [2.05, 4.69) is 20.1 Å². The van der Waals surface area contributed by atoms with Crippen LogP contribution in [0.1, 0.15) is 34.6 Å². The van der Waals surface area contributed by atoms with Crippen molar-refractivity contribution in [3.05, 3.63) is 0 Å². The molecule has 0 aliphatic carbocycles. The molecule has 6 rings (SSSR count). The van der Waals surface area contributed by atoms with Gasteiger partial charge in [0, 0.05) is 20.8 Å². The molecule has 0 radical (unpaired) electrons. The third-order valence-corrected chi connectivity index (χ3v) is 15.9. The molecule has 0 aromatic heterocycles. The lowest BCUT2D eigenvalue weighted by atomic mass is 9.95. The first kappa shape index (κ1) is 75.1. The van der Waals surface area contributed by atoms with E-state index in [0.29, 0.717) is 0 Å². The van der Waals surface area contributed by atoms with E-state index >= 15 is 0 Å². The van der Waals surface area contributed by atoms with Crippen molar-refractivity contribution in [2.45, 2.75) is 243 Å². The Morgan fingerprint density at radius 2 is 0.910 bits per heavy atom. The Bertz CT molecular complexity index is 2360. The van der Waals surface area contributed by atoms with Gasteiger partial charge in [0.25, 0.3) is 0 Å². The van der Waals surface area contributed by atoms with Crippen molar-refractivity contribution in [1.29, 1.82) is 0 Å². The van der Waals surface area contributed by atoms with E-state index in [1.807, 2.05) is 0 Å². The Morgan fingerprint density at radius 1 is 0.472 bits per heavy atom. The van der Waals surface area contributed by atoms with Gasteiger partial charge in [-0.1, -0.05) is 0 Å². The lowest BCUT2D eigenvalue weighted by Gasteiger charge is -2.51. The van der Waals surface area contributed by atoms with Crippen LogP contribution in [-0.4, -0.2) is 371 Å². The van der Waals surface area contributed by atoms with Crippen LogP contribution >= 0.6 is 0 Å². The van der Waals surface area contributed by atoms with Gasteiger partial charge < -0.3 is 165 Å². The number of rotatable bonds is 26. The summed E-state index contributed by atoms with van der Waals surface area (Å²) in [5.74, 6) is -2.66. The highest BCUT2D eigenvalue weighted by molar-refractivity contribution is 7.80. The first-order valence-electron chi connectivity index (χ1n) is 27.9. The van der Waals surface area contributed by atoms with Crippen molar-refractivity contribution in [3.8, 4) is 0 Å². The molecule has 0 aromatic carbocycles. The zero-order chi connectivity index (χ0) is 66.4. The molecule has 3 amide bonds. The van der Waals surface area contributed by atoms with Gasteiger partial charge in [0.05, 0.1) is 57.9 Å². The summed E-state index contributed by atoms with van der Waals surface area (Å²) in [6.45, 7) is -1.40. The second-order valence-corrected chi connectivity index (χ2v) is 23.2. The van der Waals surface area contributed by atoms with Crippen LogP contribution in [0.25, 0.3) is 0 Å². The molecule has 41 heteroatoms. The van der Waals surface area contributed by atoms with Crippen molar-refractivity contribution in [2.24, 2.45) is 0 Å². The maximum Gasteiger partial charge on any atom is 0.397 e. The number of amides is 3. The summed E-state index contributed by atoms with van der Waals surface area (Å²) >= 11 is 0. The molecular weight excluding hydrogens is 1240 g/mol. The van der Waals surface area contributed by atoms with E-state index in [1.165, 1.54) is 13.8 Å². The number of hydrogen-bond acceptors (Lipinski definition) is 36. The van der Waals surface area contributed by atoms with Crippen molar-refractivity contribution in [2.75, 3.05) is 39.6 Å². The quantitative estimate of drug-likeness (QED) is 0.0358. The van der Waals surface area contributed by atoms with E-state index in [4.69, 9.17) is 61.4 Å². The predicted octanol–water partition coefficient (Wildman–Crippen LogP) is -14.3. The summed E-state index contributed by atoms with van der Waals surface area (Å²) < 4.78 is 107. The average molecular weight is 1330 g/mol. The predicted molar refractivity (Wildman–Crippen MR) is 276 cm³/mol. The average Bonchev–Trinajstić information content (AvgIpc) is 1.80. The fourth-order valence-corrected chi connectivity index (χ4v) is 10.9. The van der Waals surface area contributed by atoms with Gasteiger partial charge in [0.1, 0.15) is 152 Å². The highest BCUT2D eigenvalue weighted by atomic mass is 32.3. The van der Waals surface area contributed by atoms with E-state index < -0.39 is 276 Å². The van der Waals surface area contributed by atoms with Crippen LogP contribution in [0, 0.1) is 0 Å². The smallest absolute Gasteiger partial charge is 0.394 e. The van der Waals surface area contributed by atoms with Crippen LogP contribution in [0.2, 0.25) is 0 Å². The Labute approximate surface area is 506 Å². The summed E-state index contributed by atoms with van der Waals surface area (Å²) in [5, 5.41) is 206. The molecule has 0 spiro atoms. The summed E-state index contributed by atoms with van der Waals surface area (Å²) in [6.07, 6.45) is -63.8. The van der Waals surface area contributed by atoms with Crippen molar-refractivity contribution >= 4 is 28.1 Å². The maximum absolute atomic E-state index is 12.8. The molecule has 34 atom stereocenters. The zero-order valence-corrected chi connectivity index (χ0v) is 48.9. The van der Waals surface area contributed by atoms with Gasteiger partial charge in [-0.25, -0.2) is 4.18 Å². The summed E-state index contributed by atoms with van der Waals surface area (Å²) in [5.41, 5.74) is 0. The Morgan fingerprint density at radius 3 is 1.39 bits per heavy atom. The minimum Gasteiger partial charge on any atom is -0.394 e. The van der Waals surface area contributed by atoms with E-state index in [9.17, 15) is 115 Å². The fraction of sp³-hybridized carbons (Fsp3) is 0.938. The molecule has 0 aromatic rings. The number of aliphatic hydroxyl groups excluding tert-OH is 18. The minimum absolute atomic E-state index is 0.820. The SMILES string of the molecule is CC(=O)N[C@H]1[C@H](OC[C@H]2O[C@@H](O[C@@H]([C@@H](O)[C@H](O)CO[C@@H]3O[C@H](COS(=O)(=O)O)[C@@H](O)[C@H](O)[C@H]3NC(C)=O)[C@H](CO)NC(C)=O)[C@H](O[C@@H]3O[C@@H](C)[C@@H](O)[C@@H](O)[C@@H]3O)[C@@H](O[C@@H]3O[C@H](CO)[C@H](O)[C@H](O)[C@H]3O[C@@H]3O[C@@H](C)[C@@H](O)[C@@H](O)[C@@H]3O)[C@H]2O)O[C@H](CO)[C@@H](O)[C@@H]1O. The monoisotopic (exact) mass is 1330 g/mol. The molecule has 6 saturated heterocycles. The molecule has 0 bridgehead atoms. The second kappa shape index (κ2) is 32.5. The molecule has 6 fully saturated rings. The third-order valence-electron chi connectivity index (χ3n) is 15.5. The minimum atomic E-state index is -5.20. The Kier molecular flexibility index (Phi) is 27.4. The van der Waals surface area contributed by atoms with Crippen molar-refractivity contribution in [3.63, 3.8) is 0 Å². The summed E-state index contributed by atoms with van der Waals surface area (Å²) in [7, 11) is -5.20. The van der Waals surface area contributed by atoms with Crippen LogP contribution in [0.3, 0.4) is 0 Å². The molecule has 6 aliphatic heterocycles. The van der Waals surface area contributed by atoms with E-state index in [0.717, 1.165) is 20.8 Å². The highest BCUT2D eigenvalue weighted by Gasteiger charge is 2.58. The third kappa shape index (κ3) is 18.3. The molecule has 6 heterocycles. The first-order valence-corrected chi connectivity index (χ1v) is 29.3. The van der Waals surface area contributed by atoms with Crippen molar-refractivity contribution < 1.29 is 180 Å². The number of carbonyl (C=O) groups excluding carboxylic acids is 3. The highest BCUT2D eigenvalue weighted by Crippen LogP contribution is 2.38. The van der Waals surface area contributed by atoms with E-state index in [-0.39, 0.29) is 0 Å². The number of ether oxygens (including phenoxy) is 12. The lowest BCUT2D eigenvalue weighted by molar-refractivity contribution is -0.408. The van der Waals surface area contributed by atoms with E-state index in [1.54, 1.807) is 0 Å². The summed E-state index contributed by atoms with van der Waals surface area (Å²) in [6, 6.07) is -5.35. The first-order chi connectivity index (χ1) is 41.6. The second-order valence-electron chi connectivity index (χ2n) is 22.1. The summed E-state index contributed by atoms with van der Waals surface area (Å²) in [4.78, 5) is 37.4. The van der Waals surface area contributed by atoms with Gasteiger partial charge in [0.2, 0.25) is 17.7 Å². The normalized spacial score (nSPS) is 44.5. The Balaban J connectivity index is 1.46. The van der Waals surface area contributed by atoms with Gasteiger partial charge in [-0.15, -0.1) is 0 Å². The molecular formula is C48H83N3O37S. The van der Waals surface area contributed by atoms with Crippen molar-refractivity contribution in [1.82, 2.24) is 16.0 Å². The van der Waals surface area contributed by atoms with Gasteiger partial charge in [-0.3, -0.25) is 18.9 Å². The number of hydrogen-bond donors (Lipinski definition) is 22. The fourth-order valence-electron chi connectivity index (χ4n) is 10.6. The molecule has 6 aliphatic rings. The zero-order valence-electron chi connectivity index (χ0n) is 48.1. The van der Waals surface area contributed by atoms with Crippen LogP contribution < -0.4 is 16.0 Å². The van der Waals surface area contributed by atoms with Gasteiger partial charge in [-0.2, -0.15) is 8.42 Å². The molecule has 0 unspecified atom stereocenters. The molecule has 0 saturated carbocycles. The topological polar surface area (TPSA) is 626 Å². The number of nitrogens with one attached hydrogen (secondary N) is 3. The van der Waals surface area contributed by atoms with Crippen LogP contribution in [0.5, 0.6) is 0 Å². The number of aliphatic hydroxyl groups is 18. The molecule has 40 nitrogen and oxygen atoms in total. The Hall–Kier alpha value is -2.92. The lowest BCUT2D eigenvalue weighted by Crippen LogP contribution is -2.69. The van der Waals surface area contributed by atoms with Crippen LogP contribution in [0.15, 0.2) is 0 Å². The van der Waals surface area contributed by atoms with Gasteiger partial charge in [-0.05, 0) is 13.8 Å². The molecule has 22 N–H and O–H groups in total. The van der Waals surface area contributed by atoms with Gasteiger partial charge >= 0.3 is 10.4 Å². The van der Waals surface area contributed by atoms with Crippen LogP contribution in [0.4, 0.5) is 0 Å². The molecule has 518 valence electrons. The maximum atomic E-state index is 12.8.